The highest BCUT2D eigenvalue weighted by Gasteiger charge is 2.36. The highest BCUT2D eigenvalue weighted by molar-refractivity contribution is 5.81. The van der Waals surface area contributed by atoms with Crippen LogP contribution in [0.15, 0.2) is 29.1 Å². The zero-order valence-electron chi connectivity index (χ0n) is 18.0. The highest BCUT2D eigenvalue weighted by Crippen LogP contribution is 2.33. The van der Waals surface area contributed by atoms with Gasteiger partial charge in [-0.3, -0.25) is 14.4 Å². The lowest BCUT2D eigenvalue weighted by Gasteiger charge is -2.36. The molecule has 3 aliphatic rings. The number of H-pyrrole nitrogens is 1. The standard InChI is InChI=1S/C24H27FN4O3/c25-17-8-4-15(5-9-17)13-21(30)29-11-2-1-3-20(29)22-26-19-10-12-28(24(32)16-6-7-16)14-18(19)23(31)27-22/h4-5,8-9,16,20H,1-3,6-7,10-14H2,(H,26,27,31)/t20-/m1/s1. The molecule has 0 unspecified atom stereocenters. The topological polar surface area (TPSA) is 86.4 Å². The second-order valence-electron chi connectivity index (χ2n) is 9.06. The second kappa shape index (κ2) is 8.48. The number of hydrogen-bond acceptors (Lipinski definition) is 4. The van der Waals surface area contributed by atoms with Crippen LogP contribution in [0.4, 0.5) is 4.39 Å². The summed E-state index contributed by atoms with van der Waals surface area (Å²) in [4.78, 5) is 49.6. The second-order valence-corrected chi connectivity index (χ2v) is 9.06. The number of aromatic nitrogens is 2. The van der Waals surface area contributed by atoms with Crippen LogP contribution in [0.3, 0.4) is 0 Å². The average Bonchev–Trinajstić information content (AvgIpc) is 3.65. The largest absolute Gasteiger partial charge is 0.337 e. The molecule has 8 heteroatoms. The first-order chi connectivity index (χ1) is 15.5. The molecular formula is C24H27FN4O3. The van der Waals surface area contributed by atoms with Gasteiger partial charge in [0.2, 0.25) is 11.8 Å². The van der Waals surface area contributed by atoms with Gasteiger partial charge in [0.1, 0.15) is 11.6 Å². The number of aromatic amines is 1. The molecule has 1 atom stereocenters. The minimum absolute atomic E-state index is 0.0529. The molecule has 1 aliphatic carbocycles. The van der Waals surface area contributed by atoms with Crippen LogP contribution in [0.5, 0.6) is 0 Å². The van der Waals surface area contributed by atoms with Crippen molar-refractivity contribution in [2.45, 2.75) is 57.5 Å². The number of carbonyl (C=O) groups excluding carboxylic acids is 2. The van der Waals surface area contributed by atoms with E-state index in [-0.39, 0.29) is 41.6 Å². The van der Waals surface area contributed by atoms with Gasteiger partial charge in [-0.2, -0.15) is 0 Å². The molecule has 32 heavy (non-hydrogen) atoms. The number of nitrogens with one attached hydrogen (secondary N) is 1. The number of hydrogen-bond donors (Lipinski definition) is 1. The van der Waals surface area contributed by atoms with Gasteiger partial charge in [-0.15, -0.1) is 0 Å². The van der Waals surface area contributed by atoms with Gasteiger partial charge in [-0.1, -0.05) is 12.1 Å². The Morgan fingerprint density at radius 2 is 1.88 bits per heavy atom. The first-order valence-corrected chi connectivity index (χ1v) is 11.4. The summed E-state index contributed by atoms with van der Waals surface area (Å²) in [6, 6.07) is 5.69. The molecule has 0 bridgehead atoms. The fourth-order valence-corrected chi connectivity index (χ4v) is 4.77. The Morgan fingerprint density at radius 3 is 2.62 bits per heavy atom. The van der Waals surface area contributed by atoms with E-state index in [9.17, 15) is 18.8 Å². The fourth-order valence-electron chi connectivity index (χ4n) is 4.77. The van der Waals surface area contributed by atoms with Crippen molar-refractivity contribution in [3.8, 4) is 0 Å². The van der Waals surface area contributed by atoms with Gasteiger partial charge in [0.25, 0.3) is 5.56 Å². The molecule has 2 aliphatic heterocycles. The summed E-state index contributed by atoms with van der Waals surface area (Å²) in [7, 11) is 0. The molecule has 168 valence electrons. The van der Waals surface area contributed by atoms with E-state index < -0.39 is 0 Å². The number of carbonyl (C=O) groups is 2. The van der Waals surface area contributed by atoms with Crippen LogP contribution in [0.25, 0.3) is 0 Å². The molecule has 7 nitrogen and oxygen atoms in total. The number of fused-ring (bicyclic) bond motifs is 1. The van der Waals surface area contributed by atoms with Crippen molar-refractivity contribution in [3.63, 3.8) is 0 Å². The maximum atomic E-state index is 13.2. The molecule has 1 N–H and O–H groups in total. The van der Waals surface area contributed by atoms with Gasteiger partial charge in [0, 0.05) is 25.4 Å². The third kappa shape index (κ3) is 4.18. The van der Waals surface area contributed by atoms with E-state index in [1.807, 2.05) is 0 Å². The van der Waals surface area contributed by atoms with E-state index in [0.29, 0.717) is 37.4 Å². The van der Waals surface area contributed by atoms with Gasteiger partial charge in [0.05, 0.1) is 30.3 Å². The van der Waals surface area contributed by atoms with Crippen LogP contribution in [0.1, 0.15) is 60.8 Å². The number of rotatable bonds is 4. The van der Waals surface area contributed by atoms with Crippen molar-refractivity contribution in [1.29, 1.82) is 0 Å². The lowest BCUT2D eigenvalue weighted by atomic mass is 9.99. The number of likely N-dealkylation sites (tertiary alicyclic amines) is 1. The predicted molar refractivity (Wildman–Crippen MR) is 115 cm³/mol. The Bertz CT molecular complexity index is 1090. The predicted octanol–water partition coefficient (Wildman–Crippen LogP) is 2.50. The molecule has 2 aromatic rings. The Morgan fingerprint density at radius 1 is 1.09 bits per heavy atom. The fraction of sp³-hybridized carbons (Fsp3) is 0.500. The quantitative estimate of drug-likeness (QED) is 0.795. The van der Waals surface area contributed by atoms with E-state index in [0.717, 1.165) is 43.4 Å². The minimum Gasteiger partial charge on any atom is -0.337 e. The van der Waals surface area contributed by atoms with Crippen LogP contribution >= 0.6 is 0 Å². The summed E-state index contributed by atoms with van der Waals surface area (Å²) >= 11 is 0. The summed E-state index contributed by atoms with van der Waals surface area (Å²) in [5.41, 5.74) is 1.84. The summed E-state index contributed by atoms with van der Waals surface area (Å²) < 4.78 is 13.2. The van der Waals surface area contributed by atoms with E-state index in [1.54, 1.807) is 21.9 Å². The number of piperidine rings is 1. The third-order valence-corrected chi connectivity index (χ3v) is 6.73. The maximum absolute atomic E-state index is 13.2. The number of halogens is 1. The molecule has 1 aromatic carbocycles. The first-order valence-electron chi connectivity index (χ1n) is 11.4. The summed E-state index contributed by atoms with van der Waals surface area (Å²) in [6.45, 7) is 1.50. The molecule has 0 spiro atoms. The highest BCUT2D eigenvalue weighted by atomic mass is 19.1. The molecule has 2 amide bonds. The van der Waals surface area contributed by atoms with Crippen molar-refractivity contribution in [3.05, 3.63) is 63.1 Å². The SMILES string of the molecule is O=C(C1CC1)N1CCc2nc([C@H]3CCCCN3C(=O)Cc3ccc(F)cc3)[nH]c(=O)c2C1. The van der Waals surface area contributed by atoms with Gasteiger partial charge in [-0.05, 0) is 49.8 Å². The lowest BCUT2D eigenvalue weighted by molar-refractivity contribution is -0.135. The first kappa shape index (κ1) is 20.8. The van der Waals surface area contributed by atoms with E-state index in [4.69, 9.17) is 4.98 Å². The maximum Gasteiger partial charge on any atom is 0.256 e. The smallest absolute Gasteiger partial charge is 0.256 e. The van der Waals surface area contributed by atoms with Gasteiger partial charge in [0.15, 0.2) is 0 Å². The molecule has 2 fully saturated rings. The van der Waals surface area contributed by atoms with Crippen LogP contribution in [0, 0.1) is 11.7 Å². The van der Waals surface area contributed by atoms with Gasteiger partial charge >= 0.3 is 0 Å². The lowest BCUT2D eigenvalue weighted by Crippen LogP contribution is -2.43. The minimum atomic E-state index is -0.328. The van der Waals surface area contributed by atoms with Gasteiger partial charge in [-0.25, -0.2) is 9.37 Å². The van der Waals surface area contributed by atoms with Crippen LogP contribution in [-0.4, -0.2) is 44.7 Å². The Kier molecular flexibility index (Phi) is 5.53. The normalized spacial score (nSPS) is 20.7. The zero-order chi connectivity index (χ0) is 22.2. The Hall–Kier alpha value is -3.03. The van der Waals surface area contributed by atoms with E-state index in [1.165, 1.54) is 12.1 Å². The number of benzene rings is 1. The molecule has 1 aromatic heterocycles. The van der Waals surface area contributed by atoms with Crippen molar-refractivity contribution in [2.75, 3.05) is 13.1 Å². The van der Waals surface area contributed by atoms with E-state index >= 15 is 0 Å². The van der Waals surface area contributed by atoms with Crippen molar-refractivity contribution in [1.82, 2.24) is 19.8 Å². The molecular weight excluding hydrogens is 411 g/mol. The molecule has 0 radical (unpaired) electrons. The number of amides is 2. The molecule has 3 heterocycles. The average molecular weight is 439 g/mol. The van der Waals surface area contributed by atoms with Crippen LogP contribution in [-0.2, 0) is 29.0 Å². The van der Waals surface area contributed by atoms with Crippen LogP contribution in [0.2, 0.25) is 0 Å². The Balaban J connectivity index is 1.36. The van der Waals surface area contributed by atoms with Crippen LogP contribution < -0.4 is 5.56 Å². The molecule has 1 saturated heterocycles. The summed E-state index contributed by atoms with van der Waals surface area (Å²) in [5.74, 6) is 0.422. The zero-order valence-corrected chi connectivity index (χ0v) is 18.0. The van der Waals surface area contributed by atoms with Crippen molar-refractivity contribution < 1.29 is 14.0 Å². The summed E-state index contributed by atoms with van der Waals surface area (Å²) in [6.07, 6.45) is 5.22. The molecule has 1 saturated carbocycles. The molecule has 5 rings (SSSR count). The summed E-state index contributed by atoms with van der Waals surface area (Å²) in [5, 5.41) is 0. The third-order valence-electron chi connectivity index (χ3n) is 6.73. The van der Waals surface area contributed by atoms with Gasteiger partial charge < -0.3 is 14.8 Å². The monoisotopic (exact) mass is 438 g/mol. The van der Waals surface area contributed by atoms with Crippen molar-refractivity contribution in [2.24, 2.45) is 5.92 Å². The van der Waals surface area contributed by atoms with E-state index in [2.05, 4.69) is 4.98 Å². The number of nitrogens with zero attached hydrogens (tertiary/aromatic N) is 3. The Labute approximate surface area is 185 Å². The van der Waals surface area contributed by atoms with Crippen molar-refractivity contribution >= 4 is 11.8 Å².